The van der Waals surface area contributed by atoms with E-state index >= 15 is 0 Å². The van der Waals surface area contributed by atoms with Gasteiger partial charge >= 0.3 is 6.09 Å². The lowest BCUT2D eigenvalue weighted by atomic mass is 10.2. The van der Waals surface area contributed by atoms with E-state index in [0.29, 0.717) is 42.7 Å². The topological polar surface area (TPSA) is 81.8 Å². The number of amides is 1. The van der Waals surface area contributed by atoms with Crippen LogP contribution in [0.2, 0.25) is 5.15 Å². The van der Waals surface area contributed by atoms with Gasteiger partial charge in [-0.2, -0.15) is 9.61 Å². The van der Waals surface area contributed by atoms with Crippen molar-refractivity contribution in [1.82, 2.24) is 24.7 Å². The number of nitrogens with zero attached hydrogens (tertiary/aromatic N) is 5. The third-order valence-corrected chi connectivity index (χ3v) is 3.70. The number of halogens is 1. The summed E-state index contributed by atoms with van der Waals surface area (Å²) < 4.78 is 12.8. The Morgan fingerprint density at radius 3 is 2.96 bits per heavy atom. The van der Waals surface area contributed by atoms with Crippen LogP contribution >= 0.6 is 11.6 Å². The van der Waals surface area contributed by atoms with E-state index in [9.17, 15) is 4.79 Å². The Hall–Kier alpha value is -1.93. The molecule has 0 bridgehead atoms. The smallest absolute Gasteiger partial charge is 0.410 e. The summed E-state index contributed by atoms with van der Waals surface area (Å²) in [6.07, 6.45) is -0.0455. The molecule has 0 N–H and O–H groups in total. The van der Waals surface area contributed by atoms with Crippen LogP contribution in [0.4, 0.5) is 4.79 Å². The molecule has 2 aromatic rings. The Labute approximate surface area is 144 Å². The van der Waals surface area contributed by atoms with Gasteiger partial charge in [0.15, 0.2) is 11.5 Å². The molecule has 0 radical (unpaired) electrons. The monoisotopic (exact) mass is 353 g/mol. The van der Waals surface area contributed by atoms with Gasteiger partial charge in [-0.05, 0) is 32.9 Å². The summed E-state index contributed by atoms with van der Waals surface area (Å²) in [5.41, 5.74) is 0.101. The number of morpholine rings is 1. The third kappa shape index (κ3) is 3.93. The van der Waals surface area contributed by atoms with Crippen molar-refractivity contribution in [1.29, 1.82) is 0 Å². The van der Waals surface area contributed by atoms with Gasteiger partial charge in [0.25, 0.3) is 0 Å². The van der Waals surface area contributed by atoms with Crippen molar-refractivity contribution in [2.24, 2.45) is 0 Å². The average Bonchev–Trinajstić information content (AvgIpc) is 2.88. The molecule has 0 aliphatic carbocycles. The van der Waals surface area contributed by atoms with E-state index in [1.807, 2.05) is 20.8 Å². The molecule has 3 rings (SSSR count). The summed E-state index contributed by atoms with van der Waals surface area (Å²) in [7, 11) is 0. The standard InChI is InChI=1S/C15H20ClN5O3/c1-15(2,3)24-14(22)20-6-7-23-10(9-20)8-13-18-17-12-5-4-11(16)19-21(12)13/h4-5,10H,6-9H2,1-3H3. The number of ether oxygens (including phenoxy) is 2. The molecular formula is C15H20ClN5O3. The molecule has 0 saturated carbocycles. The molecule has 1 aliphatic heterocycles. The van der Waals surface area contributed by atoms with Gasteiger partial charge in [-0.1, -0.05) is 11.6 Å². The third-order valence-electron chi connectivity index (χ3n) is 3.50. The van der Waals surface area contributed by atoms with Gasteiger partial charge in [0.2, 0.25) is 0 Å². The molecule has 3 heterocycles. The van der Waals surface area contributed by atoms with Crippen LogP contribution in [0.1, 0.15) is 26.6 Å². The second-order valence-corrected chi connectivity index (χ2v) is 7.05. The van der Waals surface area contributed by atoms with Crippen LogP contribution in [0, 0.1) is 0 Å². The fourth-order valence-corrected chi connectivity index (χ4v) is 2.62. The summed E-state index contributed by atoms with van der Waals surface area (Å²) in [4.78, 5) is 13.9. The SMILES string of the molecule is CC(C)(C)OC(=O)N1CCOC(Cc2nnc3ccc(Cl)nn23)C1. The normalized spacial score (nSPS) is 18.8. The van der Waals surface area contributed by atoms with Crippen molar-refractivity contribution in [2.75, 3.05) is 19.7 Å². The Balaban J connectivity index is 1.68. The molecule has 8 nitrogen and oxygen atoms in total. The minimum Gasteiger partial charge on any atom is -0.444 e. The van der Waals surface area contributed by atoms with Crippen molar-refractivity contribution < 1.29 is 14.3 Å². The van der Waals surface area contributed by atoms with Crippen LogP contribution in [-0.2, 0) is 15.9 Å². The molecule has 2 aromatic heterocycles. The summed E-state index contributed by atoms with van der Waals surface area (Å²) in [6, 6.07) is 3.41. The lowest BCUT2D eigenvalue weighted by Gasteiger charge is -2.34. The molecular weight excluding hydrogens is 334 g/mol. The number of hydrogen-bond donors (Lipinski definition) is 0. The molecule has 1 saturated heterocycles. The van der Waals surface area contributed by atoms with Crippen LogP contribution in [0.25, 0.3) is 5.65 Å². The number of aromatic nitrogens is 4. The highest BCUT2D eigenvalue weighted by Crippen LogP contribution is 2.16. The van der Waals surface area contributed by atoms with E-state index in [1.54, 1.807) is 21.5 Å². The van der Waals surface area contributed by atoms with Crippen LogP contribution in [0.5, 0.6) is 0 Å². The summed E-state index contributed by atoms with van der Waals surface area (Å²) >= 11 is 5.93. The number of rotatable bonds is 2. The fourth-order valence-electron chi connectivity index (χ4n) is 2.48. The maximum Gasteiger partial charge on any atom is 0.410 e. The van der Waals surface area contributed by atoms with E-state index in [-0.39, 0.29) is 12.2 Å². The molecule has 1 aliphatic rings. The Morgan fingerprint density at radius 1 is 1.42 bits per heavy atom. The van der Waals surface area contributed by atoms with E-state index in [0.717, 1.165) is 0 Å². The van der Waals surface area contributed by atoms with Gasteiger partial charge in [0.1, 0.15) is 10.8 Å². The highest BCUT2D eigenvalue weighted by Gasteiger charge is 2.29. The molecule has 1 amide bonds. The van der Waals surface area contributed by atoms with E-state index in [1.165, 1.54) is 0 Å². The number of carbonyl (C=O) groups excluding carboxylic acids is 1. The Kier molecular flexibility index (Phi) is 4.60. The maximum absolute atomic E-state index is 12.2. The first-order valence-corrected chi connectivity index (χ1v) is 8.16. The lowest BCUT2D eigenvalue weighted by molar-refractivity contribution is -0.0422. The maximum atomic E-state index is 12.2. The predicted molar refractivity (Wildman–Crippen MR) is 87.0 cm³/mol. The van der Waals surface area contributed by atoms with Crippen LogP contribution in [-0.4, -0.2) is 62.2 Å². The van der Waals surface area contributed by atoms with Crippen molar-refractivity contribution in [2.45, 2.75) is 38.9 Å². The Morgan fingerprint density at radius 2 is 2.21 bits per heavy atom. The Bertz CT molecular complexity index is 742. The van der Waals surface area contributed by atoms with Gasteiger partial charge in [0.05, 0.1) is 19.3 Å². The second-order valence-electron chi connectivity index (χ2n) is 6.67. The zero-order valence-electron chi connectivity index (χ0n) is 13.9. The molecule has 1 atom stereocenters. The molecule has 1 unspecified atom stereocenters. The van der Waals surface area contributed by atoms with Crippen LogP contribution in [0.3, 0.4) is 0 Å². The van der Waals surface area contributed by atoms with Gasteiger partial charge in [-0.25, -0.2) is 4.79 Å². The summed E-state index contributed by atoms with van der Waals surface area (Å²) in [5.74, 6) is 0.642. The van der Waals surface area contributed by atoms with Gasteiger partial charge in [-0.3, -0.25) is 0 Å². The second kappa shape index (κ2) is 6.52. The molecule has 130 valence electrons. The van der Waals surface area contributed by atoms with Crippen molar-refractivity contribution in [3.05, 3.63) is 23.1 Å². The first-order valence-electron chi connectivity index (χ1n) is 7.78. The van der Waals surface area contributed by atoms with Crippen LogP contribution in [0.15, 0.2) is 12.1 Å². The largest absolute Gasteiger partial charge is 0.444 e. The zero-order valence-corrected chi connectivity index (χ0v) is 14.7. The molecule has 0 aromatic carbocycles. The van der Waals surface area contributed by atoms with Crippen molar-refractivity contribution in [3.8, 4) is 0 Å². The quantitative estimate of drug-likeness (QED) is 0.820. The van der Waals surface area contributed by atoms with E-state index in [4.69, 9.17) is 21.1 Å². The number of carbonyl (C=O) groups is 1. The molecule has 1 fully saturated rings. The lowest BCUT2D eigenvalue weighted by Crippen LogP contribution is -2.48. The number of fused-ring (bicyclic) bond motifs is 1. The van der Waals surface area contributed by atoms with Gasteiger partial charge in [0, 0.05) is 13.0 Å². The molecule has 9 heteroatoms. The minimum absolute atomic E-state index is 0.195. The van der Waals surface area contributed by atoms with Crippen molar-refractivity contribution >= 4 is 23.3 Å². The van der Waals surface area contributed by atoms with Gasteiger partial charge < -0.3 is 14.4 Å². The highest BCUT2D eigenvalue weighted by molar-refractivity contribution is 6.29. The first-order chi connectivity index (χ1) is 11.3. The average molecular weight is 354 g/mol. The van der Waals surface area contributed by atoms with E-state index < -0.39 is 5.60 Å². The minimum atomic E-state index is -0.519. The van der Waals surface area contributed by atoms with Gasteiger partial charge in [-0.15, -0.1) is 10.2 Å². The van der Waals surface area contributed by atoms with Crippen molar-refractivity contribution in [3.63, 3.8) is 0 Å². The highest BCUT2D eigenvalue weighted by atomic mass is 35.5. The van der Waals surface area contributed by atoms with E-state index in [2.05, 4.69) is 15.3 Å². The predicted octanol–water partition coefficient (Wildman–Crippen LogP) is 1.96. The zero-order chi connectivity index (χ0) is 17.3. The number of hydrogen-bond acceptors (Lipinski definition) is 6. The first kappa shape index (κ1) is 16.9. The summed E-state index contributed by atoms with van der Waals surface area (Å²) in [5, 5.41) is 12.8. The summed E-state index contributed by atoms with van der Waals surface area (Å²) in [6.45, 7) is 6.94. The molecule has 0 spiro atoms. The van der Waals surface area contributed by atoms with Crippen LogP contribution < -0.4 is 0 Å². The molecule has 24 heavy (non-hydrogen) atoms. The fraction of sp³-hybridized carbons (Fsp3) is 0.600.